The van der Waals surface area contributed by atoms with Crippen molar-refractivity contribution in [1.29, 1.82) is 0 Å². The van der Waals surface area contributed by atoms with E-state index in [1.54, 1.807) is 0 Å². The molecule has 0 aliphatic heterocycles. The van der Waals surface area contributed by atoms with Crippen LogP contribution in [0.15, 0.2) is 218 Å². The number of rotatable bonds is 6. The van der Waals surface area contributed by atoms with Gasteiger partial charge in [0.25, 0.3) is 0 Å². The van der Waals surface area contributed by atoms with E-state index in [9.17, 15) is 0 Å². The van der Waals surface area contributed by atoms with Crippen molar-refractivity contribution in [3.8, 4) is 66.8 Å². The predicted octanol–water partition coefficient (Wildman–Crippen LogP) is 15.1. The largest absolute Gasteiger partial charge is 0.0622 e. The second-order valence-corrected chi connectivity index (χ2v) is 14.0. The van der Waals surface area contributed by atoms with E-state index in [0.717, 1.165) is 0 Å². The summed E-state index contributed by atoms with van der Waals surface area (Å²) in [5, 5.41) is 7.55. The molecule has 0 heteroatoms. The molecule has 10 aromatic rings. The molecule has 0 amide bonds. The molecule has 0 nitrogen and oxygen atoms in total. The van der Waals surface area contributed by atoms with E-state index < -0.39 is 0 Å². The summed E-state index contributed by atoms with van der Waals surface area (Å²) in [4.78, 5) is 0. The van der Waals surface area contributed by atoms with E-state index in [1.807, 2.05) is 0 Å². The average Bonchev–Trinajstić information content (AvgIpc) is 3.26. The summed E-state index contributed by atoms with van der Waals surface area (Å²) in [7, 11) is 0. The van der Waals surface area contributed by atoms with Gasteiger partial charge in [-0.1, -0.05) is 206 Å². The van der Waals surface area contributed by atoms with Crippen LogP contribution < -0.4 is 0 Å². The molecule has 0 aliphatic rings. The van der Waals surface area contributed by atoms with Crippen LogP contribution in [0.4, 0.5) is 0 Å². The van der Waals surface area contributed by atoms with Crippen molar-refractivity contribution in [2.24, 2.45) is 0 Å². The van der Waals surface area contributed by atoms with Crippen LogP contribution in [0.2, 0.25) is 0 Å². The van der Waals surface area contributed by atoms with Crippen LogP contribution in [-0.2, 0) is 0 Å². The van der Waals surface area contributed by atoms with Crippen molar-refractivity contribution in [3.05, 3.63) is 218 Å². The molecule has 0 aromatic heterocycles. The molecule has 0 heterocycles. The van der Waals surface area contributed by atoms with Crippen LogP contribution in [0.3, 0.4) is 0 Å². The first-order valence-corrected chi connectivity index (χ1v) is 18.7. The Hall–Kier alpha value is -7.02. The lowest BCUT2D eigenvalue weighted by atomic mass is 9.83. The van der Waals surface area contributed by atoms with E-state index >= 15 is 0 Å². The van der Waals surface area contributed by atoms with Crippen LogP contribution >= 0.6 is 0 Å². The van der Waals surface area contributed by atoms with E-state index in [4.69, 9.17) is 0 Å². The van der Waals surface area contributed by atoms with Crippen molar-refractivity contribution in [3.63, 3.8) is 0 Å². The van der Waals surface area contributed by atoms with Crippen LogP contribution in [-0.4, -0.2) is 0 Å². The SMILES string of the molecule is c1ccc(-c2ccc(-c3c4ccccc4c(-c4ccccc4)c4ccccc34)cc2-c2ccccc2-c2ccc(-c3ccc4ccccc4c3)cc2)cc1. The van der Waals surface area contributed by atoms with Gasteiger partial charge in [-0.25, -0.2) is 0 Å². The summed E-state index contributed by atoms with van der Waals surface area (Å²) < 4.78 is 0. The summed E-state index contributed by atoms with van der Waals surface area (Å²) in [5.74, 6) is 0. The normalized spacial score (nSPS) is 11.3. The lowest BCUT2D eigenvalue weighted by Gasteiger charge is -2.20. The number of fused-ring (bicyclic) bond motifs is 3. The Labute approximate surface area is 316 Å². The van der Waals surface area contributed by atoms with E-state index in [2.05, 4.69) is 218 Å². The maximum Gasteiger partial charge on any atom is -0.00261 e. The minimum atomic E-state index is 1.20. The third kappa shape index (κ3) is 5.57. The zero-order valence-corrected chi connectivity index (χ0v) is 29.8. The highest BCUT2D eigenvalue weighted by Crippen LogP contribution is 2.46. The molecule has 0 bridgehead atoms. The van der Waals surface area contributed by atoms with Crippen LogP contribution in [0, 0.1) is 0 Å². The monoisotopic (exact) mass is 684 g/mol. The topological polar surface area (TPSA) is 0 Å². The molecule has 54 heavy (non-hydrogen) atoms. The first kappa shape index (κ1) is 31.7. The number of benzene rings is 10. The summed E-state index contributed by atoms with van der Waals surface area (Å²) >= 11 is 0. The van der Waals surface area contributed by atoms with E-state index in [0.29, 0.717) is 0 Å². The summed E-state index contributed by atoms with van der Waals surface area (Å²) in [6.07, 6.45) is 0. The molecule has 0 unspecified atom stereocenters. The third-order valence-corrected chi connectivity index (χ3v) is 10.9. The summed E-state index contributed by atoms with van der Waals surface area (Å²) in [6, 6.07) is 79.8. The molecule has 0 saturated carbocycles. The predicted molar refractivity (Wildman–Crippen MR) is 232 cm³/mol. The zero-order valence-electron chi connectivity index (χ0n) is 29.8. The second-order valence-electron chi connectivity index (χ2n) is 14.0. The maximum atomic E-state index is 2.43. The van der Waals surface area contributed by atoms with Crippen molar-refractivity contribution in [1.82, 2.24) is 0 Å². The van der Waals surface area contributed by atoms with Crippen molar-refractivity contribution in [2.45, 2.75) is 0 Å². The Kier molecular flexibility index (Phi) is 7.93. The van der Waals surface area contributed by atoms with Gasteiger partial charge in [0, 0.05) is 0 Å². The molecule has 0 spiro atoms. The molecule has 0 atom stereocenters. The van der Waals surface area contributed by atoms with Crippen molar-refractivity contribution < 1.29 is 0 Å². The molecular formula is C54H36. The lowest BCUT2D eigenvalue weighted by Crippen LogP contribution is -1.93. The third-order valence-electron chi connectivity index (χ3n) is 10.9. The molecule has 10 aromatic carbocycles. The highest BCUT2D eigenvalue weighted by molar-refractivity contribution is 6.21. The van der Waals surface area contributed by atoms with Gasteiger partial charge in [-0.15, -0.1) is 0 Å². The van der Waals surface area contributed by atoms with Gasteiger partial charge in [-0.05, 0) is 111 Å². The van der Waals surface area contributed by atoms with Gasteiger partial charge in [-0.3, -0.25) is 0 Å². The fraction of sp³-hybridized carbons (Fsp3) is 0. The van der Waals surface area contributed by atoms with Gasteiger partial charge in [-0.2, -0.15) is 0 Å². The standard InChI is InChI=1S/C54H36/c1-3-16-39(17-4-1)46-34-33-44(54-50-25-13-11-23-48(50)53(41-18-5-2-6-19-41)49-24-12-14-26-51(49)54)36-52(46)47-22-10-9-21-45(47)40-30-27-38(28-31-40)43-32-29-37-15-7-8-20-42(37)35-43/h1-36H. The molecule has 0 saturated heterocycles. The average molecular weight is 685 g/mol. The maximum absolute atomic E-state index is 2.43. The fourth-order valence-corrected chi connectivity index (χ4v) is 8.33. The Morgan fingerprint density at radius 1 is 0.185 bits per heavy atom. The first-order chi connectivity index (χ1) is 26.8. The molecule has 0 N–H and O–H groups in total. The minimum absolute atomic E-state index is 1.20. The van der Waals surface area contributed by atoms with Gasteiger partial charge < -0.3 is 0 Å². The molecule has 0 fully saturated rings. The van der Waals surface area contributed by atoms with Crippen LogP contribution in [0.25, 0.3) is 99.1 Å². The summed E-state index contributed by atoms with van der Waals surface area (Å²) in [5.41, 5.74) is 14.7. The van der Waals surface area contributed by atoms with Gasteiger partial charge >= 0.3 is 0 Å². The molecular weight excluding hydrogens is 649 g/mol. The number of hydrogen-bond donors (Lipinski definition) is 0. The highest BCUT2D eigenvalue weighted by atomic mass is 14.2. The van der Waals surface area contributed by atoms with Gasteiger partial charge in [0.05, 0.1) is 0 Å². The summed E-state index contributed by atoms with van der Waals surface area (Å²) in [6.45, 7) is 0. The molecule has 0 aliphatic carbocycles. The van der Waals surface area contributed by atoms with Gasteiger partial charge in [0.1, 0.15) is 0 Å². The van der Waals surface area contributed by atoms with Crippen LogP contribution in [0.1, 0.15) is 0 Å². The number of hydrogen-bond acceptors (Lipinski definition) is 0. The Bertz CT molecular complexity index is 2900. The highest BCUT2D eigenvalue weighted by Gasteiger charge is 2.19. The van der Waals surface area contributed by atoms with Crippen LogP contribution in [0.5, 0.6) is 0 Å². The van der Waals surface area contributed by atoms with E-state index in [-0.39, 0.29) is 0 Å². The van der Waals surface area contributed by atoms with Crippen molar-refractivity contribution >= 4 is 32.3 Å². The van der Waals surface area contributed by atoms with Crippen molar-refractivity contribution in [2.75, 3.05) is 0 Å². The molecule has 252 valence electrons. The lowest BCUT2D eigenvalue weighted by molar-refractivity contribution is 1.55. The first-order valence-electron chi connectivity index (χ1n) is 18.7. The second kappa shape index (κ2) is 13.5. The Morgan fingerprint density at radius 3 is 1.26 bits per heavy atom. The Balaban J connectivity index is 1.17. The molecule has 10 rings (SSSR count). The zero-order chi connectivity index (χ0) is 35.8. The smallest absolute Gasteiger partial charge is 0.00261 e. The molecule has 0 radical (unpaired) electrons. The minimum Gasteiger partial charge on any atom is -0.0622 e. The fourth-order valence-electron chi connectivity index (χ4n) is 8.33. The van der Waals surface area contributed by atoms with Gasteiger partial charge in [0.2, 0.25) is 0 Å². The Morgan fingerprint density at radius 2 is 0.611 bits per heavy atom. The van der Waals surface area contributed by atoms with Gasteiger partial charge in [0.15, 0.2) is 0 Å². The van der Waals surface area contributed by atoms with E-state index in [1.165, 1.54) is 99.1 Å². The quantitative estimate of drug-likeness (QED) is 0.153.